The molecule has 2 heteroatoms. The molecule has 0 spiro atoms. The zero-order valence-electron chi connectivity index (χ0n) is 33.5. The topological polar surface area (TPSA) is 9.86 Å². The van der Waals surface area contributed by atoms with Crippen LogP contribution < -0.4 is 0 Å². The van der Waals surface area contributed by atoms with Crippen LogP contribution in [-0.2, 0) is 12.8 Å². The van der Waals surface area contributed by atoms with Gasteiger partial charge in [0.15, 0.2) is 0 Å². The van der Waals surface area contributed by atoms with Crippen molar-refractivity contribution in [2.45, 2.75) is 52.4 Å². The average Bonchev–Trinajstić information content (AvgIpc) is 3.81. The van der Waals surface area contributed by atoms with Crippen molar-refractivity contribution in [3.05, 3.63) is 193 Å². The summed E-state index contributed by atoms with van der Waals surface area (Å²) in [4.78, 5) is 0. The first-order chi connectivity index (χ1) is 28.7. The molecule has 2 aromatic heterocycles. The molecule has 0 radical (unpaired) electrons. The quantitative estimate of drug-likeness (QED) is 0.125. The molecule has 282 valence electrons. The van der Waals surface area contributed by atoms with Gasteiger partial charge in [-0.3, -0.25) is 0 Å². The Morgan fingerprint density at radius 2 is 0.759 bits per heavy atom. The molecule has 0 aliphatic rings. The zero-order chi connectivity index (χ0) is 39.0. The Morgan fingerprint density at radius 1 is 0.328 bits per heavy atom. The highest BCUT2D eigenvalue weighted by atomic mass is 15.0. The standard InChI is InChI=1S/C56H48N2/c1-3-5-13-39-23-25-41(26-24-39)45-17-12-18-46(38-45)43-29-33-48(34-30-43)58-52-22-10-8-20-50(52)56-54(58)36-35-53-55(56)49-19-7-9-21-51(49)57(53)47-31-27-42(28-32-47)44-16-11-15-40(37-44)14-6-4-2/h7-12,15-38H,3-6,13-14H2,1-2H3. The number of hydrogen-bond donors (Lipinski definition) is 0. The number of hydrogen-bond acceptors (Lipinski definition) is 0. The van der Waals surface area contributed by atoms with Gasteiger partial charge in [0.25, 0.3) is 0 Å². The summed E-state index contributed by atoms with van der Waals surface area (Å²) in [5.74, 6) is 0. The molecule has 0 bridgehead atoms. The fraction of sp³-hybridized carbons (Fsp3) is 0.143. The third-order valence-electron chi connectivity index (χ3n) is 12.1. The third-order valence-corrected chi connectivity index (χ3v) is 12.1. The van der Waals surface area contributed by atoms with Crippen molar-refractivity contribution in [2.24, 2.45) is 0 Å². The minimum Gasteiger partial charge on any atom is -0.309 e. The highest BCUT2D eigenvalue weighted by Crippen LogP contribution is 2.42. The van der Waals surface area contributed by atoms with Gasteiger partial charge in [0.1, 0.15) is 0 Å². The Morgan fingerprint density at radius 3 is 1.26 bits per heavy atom. The lowest BCUT2D eigenvalue weighted by atomic mass is 9.97. The summed E-state index contributed by atoms with van der Waals surface area (Å²) in [7, 11) is 0. The van der Waals surface area contributed by atoms with Crippen LogP contribution in [0.15, 0.2) is 182 Å². The maximum Gasteiger partial charge on any atom is 0.0548 e. The van der Waals surface area contributed by atoms with Crippen molar-refractivity contribution in [2.75, 3.05) is 0 Å². The van der Waals surface area contributed by atoms with Gasteiger partial charge in [-0.25, -0.2) is 0 Å². The van der Waals surface area contributed by atoms with Gasteiger partial charge in [-0.05, 0) is 125 Å². The Bertz CT molecular complexity index is 3050. The van der Waals surface area contributed by atoms with E-state index in [0.29, 0.717) is 0 Å². The Labute approximate surface area is 341 Å². The Hall–Kier alpha value is -6.64. The number of para-hydroxylation sites is 2. The second-order valence-corrected chi connectivity index (χ2v) is 15.8. The van der Waals surface area contributed by atoms with Crippen LogP contribution in [0.4, 0.5) is 0 Å². The monoisotopic (exact) mass is 748 g/mol. The van der Waals surface area contributed by atoms with Crippen molar-refractivity contribution in [1.82, 2.24) is 9.13 Å². The van der Waals surface area contributed by atoms with Gasteiger partial charge in [-0.1, -0.05) is 154 Å². The number of aromatic nitrogens is 2. The van der Waals surface area contributed by atoms with Crippen LogP contribution in [0.5, 0.6) is 0 Å². The van der Waals surface area contributed by atoms with Crippen LogP contribution in [0.25, 0.3) is 88.4 Å². The summed E-state index contributed by atoms with van der Waals surface area (Å²) in [6.07, 6.45) is 7.16. The van der Waals surface area contributed by atoms with Crippen molar-refractivity contribution >= 4 is 43.6 Å². The third kappa shape index (κ3) is 6.39. The van der Waals surface area contributed by atoms with E-state index in [1.165, 1.54) is 119 Å². The van der Waals surface area contributed by atoms with Gasteiger partial charge in [-0.2, -0.15) is 0 Å². The maximum atomic E-state index is 2.45. The summed E-state index contributed by atoms with van der Waals surface area (Å²) >= 11 is 0. The smallest absolute Gasteiger partial charge is 0.0548 e. The molecule has 8 aromatic carbocycles. The largest absolute Gasteiger partial charge is 0.309 e. The van der Waals surface area contributed by atoms with Gasteiger partial charge in [0.05, 0.1) is 22.1 Å². The van der Waals surface area contributed by atoms with E-state index in [-0.39, 0.29) is 0 Å². The van der Waals surface area contributed by atoms with E-state index in [9.17, 15) is 0 Å². The molecule has 0 saturated heterocycles. The van der Waals surface area contributed by atoms with Gasteiger partial charge >= 0.3 is 0 Å². The van der Waals surface area contributed by atoms with Crippen LogP contribution in [0, 0.1) is 0 Å². The van der Waals surface area contributed by atoms with E-state index < -0.39 is 0 Å². The number of nitrogens with zero attached hydrogens (tertiary/aromatic N) is 2. The van der Waals surface area contributed by atoms with E-state index in [1.54, 1.807) is 0 Å². The van der Waals surface area contributed by atoms with Gasteiger partial charge < -0.3 is 9.13 Å². The summed E-state index contributed by atoms with van der Waals surface area (Å²) in [6.45, 7) is 4.51. The fourth-order valence-electron chi connectivity index (χ4n) is 9.09. The lowest BCUT2D eigenvalue weighted by Gasteiger charge is -2.11. The normalized spacial score (nSPS) is 11.7. The molecule has 0 saturated carbocycles. The summed E-state index contributed by atoms with van der Waals surface area (Å²) in [6, 6.07) is 67.8. The molecule has 0 amide bonds. The molecule has 0 aliphatic heterocycles. The SMILES string of the molecule is CCCCc1ccc(-c2cccc(-c3ccc(-n4c5ccccc5c5c6c7ccccc7n(-c7ccc(-c8cccc(CCCC)c8)cc7)c6ccc54)cc3)c2)cc1. The molecular formula is C56H48N2. The summed E-state index contributed by atoms with van der Waals surface area (Å²) in [5.41, 5.74) is 17.5. The van der Waals surface area contributed by atoms with Crippen LogP contribution in [0.2, 0.25) is 0 Å². The number of rotatable bonds is 11. The van der Waals surface area contributed by atoms with Crippen molar-refractivity contribution in [1.29, 1.82) is 0 Å². The first-order valence-electron chi connectivity index (χ1n) is 21.1. The molecule has 0 fully saturated rings. The number of benzene rings is 8. The van der Waals surface area contributed by atoms with E-state index >= 15 is 0 Å². The minimum absolute atomic E-state index is 1.13. The lowest BCUT2D eigenvalue weighted by molar-refractivity contribution is 0.795. The molecule has 0 N–H and O–H groups in total. The molecule has 10 aromatic rings. The molecule has 0 unspecified atom stereocenters. The number of unbranched alkanes of at least 4 members (excludes halogenated alkanes) is 2. The first kappa shape index (κ1) is 35.8. The molecule has 0 atom stereocenters. The van der Waals surface area contributed by atoms with Crippen molar-refractivity contribution < 1.29 is 0 Å². The van der Waals surface area contributed by atoms with E-state index in [4.69, 9.17) is 0 Å². The molecule has 10 rings (SSSR count). The number of fused-ring (bicyclic) bond motifs is 7. The Balaban J connectivity index is 1.04. The number of aryl methyl sites for hydroxylation is 2. The highest BCUT2D eigenvalue weighted by Gasteiger charge is 2.20. The summed E-state index contributed by atoms with van der Waals surface area (Å²) in [5, 5.41) is 5.12. The molecule has 2 heterocycles. The minimum atomic E-state index is 1.13. The lowest BCUT2D eigenvalue weighted by Crippen LogP contribution is -1.95. The van der Waals surface area contributed by atoms with Gasteiger partial charge in [0.2, 0.25) is 0 Å². The van der Waals surface area contributed by atoms with Gasteiger partial charge in [-0.15, -0.1) is 0 Å². The van der Waals surface area contributed by atoms with E-state index in [2.05, 4.69) is 205 Å². The van der Waals surface area contributed by atoms with Crippen molar-refractivity contribution in [3.8, 4) is 44.8 Å². The zero-order valence-corrected chi connectivity index (χ0v) is 33.5. The Kier molecular flexibility index (Phi) is 9.47. The van der Waals surface area contributed by atoms with Crippen LogP contribution in [0.1, 0.15) is 50.7 Å². The molecular weight excluding hydrogens is 701 g/mol. The summed E-state index contributed by atoms with van der Waals surface area (Å²) < 4.78 is 4.89. The average molecular weight is 749 g/mol. The van der Waals surface area contributed by atoms with Crippen LogP contribution in [0.3, 0.4) is 0 Å². The second-order valence-electron chi connectivity index (χ2n) is 15.8. The van der Waals surface area contributed by atoms with Crippen LogP contribution >= 0.6 is 0 Å². The van der Waals surface area contributed by atoms with Crippen molar-refractivity contribution in [3.63, 3.8) is 0 Å². The predicted octanol–water partition coefficient (Wildman–Crippen LogP) is 15.6. The van der Waals surface area contributed by atoms with E-state index in [0.717, 1.165) is 18.5 Å². The molecule has 2 nitrogen and oxygen atoms in total. The van der Waals surface area contributed by atoms with Crippen LogP contribution in [-0.4, -0.2) is 9.13 Å². The predicted molar refractivity (Wildman–Crippen MR) is 249 cm³/mol. The molecule has 58 heavy (non-hydrogen) atoms. The van der Waals surface area contributed by atoms with E-state index in [1.807, 2.05) is 0 Å². The second kappa shape index (κ2) is 15.4. The maximum absolute atomic E-state index is 2.45. The highest BCUT2D eigenvalue weighted by molar-refractivity contribution is 6.28. The molecule has 0 aliphatic carbocycles. The first-order valence-corrected chi connectivity index (χ1v) is 21.1. The fourth-order valence-corrected chi connectivity index (χ4v) is 9.09. The van der Waals surface area contributed by atoms with Gasteiger partial charge in [0, 0.05) is 32.9 Å².